The predicted octanol–water partition coefficient (Wildman–Crippen LogP) is 5.21. The summed E-state index contributed by atoms with van der Waals surface area (Å²) in [5.74, 6) is 2.38. The Labute approximate surface area is 168 Å². The first kappa shape index (κ1) is 21.5. The van der Waals surface area contributed by atoms with Gasteiger partial charge in [-0.2, -0.15) is 0 Å². The van der Waals surface area contributed by atoms with Gasteiger partial charge in [-0.15, -0.1) is 0 Å². The van der Waals surface area contributed by atoms with Crippen molar-refractivity contribution in [2.75, 3.05) is 13.2 Å². The molecular weight excluding hydrogens is 354 g/mol. The minimum atomic E-state index is 0.255. The lowest BCUT2D eigenvalue weighted by atomic mass is 10.1. The molecule has 0 saturated carbocycles. The van der Waals surface area contributed by atoms with Crippen LogP contribution in [-0.4, -0.2) is 29.3 Å². The minimum absolute atomic E-state index is 0.255. The van der Waals surface area contributed by atoms with Gasteiger partial charge in [0.1, 0.15) is 5.75 Å². The van der Waals surface area contributed by atoms with Crippen LogP contribution < -0.4 is 10.1 Å². The fourth-order valence-corrected chi connectivity index (χ4v) is 3.87. The minimum Gasteiger partial charge on any atom is -0.493 e. The molecule has 0 bridgehead atoms. The summed E-state index contributed by atoms with van der Waals surface area (Å²) in [5.41, 5.74) is 3.31. The molecule has 1 N–H and O–H groups in total. The van der Waals surface area contributed by atoms with Crippen LogP contribution >= 0.6 is 11.8 Å². The lowest BCUT2D eigenvalue weighted by molar-refractivity contribution is 0.237. The van der Waals surface area contributed by atoms with Crippen LogP contribution in [0.15, 0.2) is 35.5 Å². The van der Waals surface area contributed by atoms with Crippen molar-refractivity contribution in [3.05, 3.63) is 47.3 Å². The number of allylic oxidation sites excluding steroid dienone is 2. The Balaban J connectivity index is 2.06. The highest BCUT2D eigenvalue weighted by Crippen LogP contribution is 2.28. The van der Waals surface area contributed by atoms with Gasteiger partial charge in [0.15, 0.2) is 5.17 Å². The molecule has 1 aromatic heterocycles. The number of nitrogens with zero attached hydrogens (tertiary/aromatic N) is 2. The second kappa shape index (κ2) is 11.2. The van der Waals surface area contributed by atoms with Crippen molar-refractivity contribution in [3.8, 4) is 5.75 Å². The predicted molar refractivity (Wildman–Crippen MR) is 118 cm³/mol. The van der Waals surface area contributed by atoms with E-state index in [-0.39, 0.29) is 6.04 Å². The second-order valence-corrected chi connectivity index (χ2v) is 7.98. The molecule has 1 aromatic rings. The van der Waals surface area contributed by atoms with Crippen molar-refractivity contribution < 1.29 is 4.74 Å². The van der Waals surface area contributed by atoms with Crippen LogP contribution in [-0.2, 0) is 5.75 Å². The Kier molecular flexibility index (Phi) is 8.92. The summed E-state index contributed by atoms with van der Waals surface area (Å²) in [5, 5.41) is 4.42. The monoisotopic (exact) mass is 387 g/mol. The van der Waals surface area contributed by atoms with Gasteiger partial charge in [-0.3, -0.25) is 9.98 Å². The summed E-state index contributed by atoms with van der Waals surface area (Å²) >= 11 is 1.70. The normalized spacial score (nSPS) is 19.5. The molecule has 27 heavy (non-hydrogen) atoms. The van der Waals surface area contributed by atoms with E-state index in [1.165, 1.54) is 0 Å². The summed E-state index contributed by atoms with van der Waals surface area (Å²) in [6.45, 7) is 12.2. The number of hydrogen-bond donors (Lipinski definition) is 1. The molecular formula is C22H33N3OS. The molecule has 0 radical (unpaired) electrons. The molecule has 1 atom stereocenters. The molecule has 0 aromatic carbocycles. The third-order valence-corrected chi connectivity index (χ3v) is 5.79. The van der Waals surface area contributed by atoms with Gasteiger partial charge in [-0.05, 0) is 26.7 Å². The van der Waals surface area contributed by atoms with Crippen LogP contribution in [0.1, 0.15) is 50.4 Å². The van der Waals surface area contributed by atoms with E-state index in [9.17, 15) is 0 Å². The topological polar surface area (TPSA) is 46.5 Å². The average Bonchev–Trinajstić information content (AvgIpc) is 2.76. The Morgan fingerprint density at radius 3 is 2.78 bits per heavy atom. The maximum atomic E-state index is 6.20. The molecule has 0 saturated heterocycles. The number of rotatable bonds is 7. The van der Waals surface area contributed by atoms with E-state index >= 15 is 0 Å². The molecule has 1 aliphatic heterocycles. The molecule has 0 aliphatic carbocycles. The van der Waals surface area contributed by atoms with Crippen molar-refractivity contribution in [2.45, 2.75) is 59.3 Å². The first-order valence-corrected chi connectivity index (χ1v) is 10.9. The van der Waals surface area contributed by atoms with Gasteiger partial charge in [0.05, 0.1) is 18.8 Å². The van der Waals surface area contributed by atoms with Crippen LogP contribution in [0, 0.1) is 19.8 Å². The summed E-state index contributed by atoms with van der Waals surface area (Å²) in [6, 6.07) is 0.255. The first-order valence-electron chi connectivity index (χ1n) is 9.90. The zero-order chi connectivity index (χ0) is 19.6. The van der Waals surface area contributed by atoms with Gasteiger partial charge in [0, 0.05) is 29.1 Å². The molecule has 5 heteroatoms. The SMILES string of the molecule is CCC(CC)COc1c(C)cnc(CSC2=NC/C=C\C=C/C(C)N2)c1C. The Morgan fingerprint density at radius 2 is 2.04 bits per heavy atom. The van der Waals surface area contributed by atoms with E-state index in [0.717, 1.165) is 52.9 Å². The van der Waals surface area contributed by atoms with E-state index in [1.807, 2.05) is 12.3 Å². The van der Waals surface area contributed by atoms with Gasteiger partial charge in [0.2, 0.25) is 0 Å². The number of nitrogens with one attached hydrogen (secondary N) is 1. The zero-order valence-electron chi connectivity index (χ0n) is 17.3. The summed E-state index contributed by atoms with van der Waals surface area (Å²) in [7, 11) is 0. The highest BCUT2D eigenvalue weighted by atomic mass is 32.2. The van der Waals surface area contributed by atoms with Crippen LogP contribution in [0.3, 0.4) is 0 Å². The fraction of sp³-hybridized carbons (Fsp3) is 0.545. The molecule has 0 amide bonds. The van der Waals surface area contributed by atoms with Crippen LogP contribution in [0.2, 0.25) is 0 Å². The third-order valence-electron chi connectivity index (χ3n) is 4.85. The largest absolute Gasteiger partial charge is 0.493 e. The number of ether oxygens (including phenoxy) is 1. The number of aryl methyl sites for hydroxylation is 1. The molecule has 0 fully saturated rings. The quantitative estimate of drug-likeness (QED) is 0.698. The lowest BCUT2D eigenvalue weighted by Gasteiger charge is -2.19. The first-order chi connectivity index (χ1) is 13.0. The Hall–Kier alpha value is -1.75. The number of hydrogen-bond acceptors (Lipinski definition) is 5. The fourth-order valence-electron chi connectivity index (χ4n) is 2.87. The van der Waals surface area contributed by atoms with Crippen LogP contribution in [0.25, 0.3) is 0 Å². The van der Waals surface area contributed by atoms with Gasteiger partial charge in [-0.1, -0.05) is 62.8 Å². The second-order valence-electron chi connectivity index (χ2n) is 7.02. The van der Waals surface area contributed by atoms with Crippen molar-refractivity contribution in [1.29, 1.82) is 0 Å². The maximum Gasteiger partial charge on any atom is 0.157 e. The van der Waals surface area contributed by atoms with E-state index in [2.05, 4.69) is 68.1 Å². The van der Waals surface area contributed by atoms with Crippen molar-refractivity contribution in [1.82, 2.24) is 10.3 Å². The zero-order valence-corrected chi connectivity index (χ0v) is 18.1. The third kappa shape index (κ3) is 6.73. The molecule has 4 nitrogen and oxygen atoms in total. The number of thioether (sulfide) groups is 1. The standard InChI is InChI=1S/C22H33N3OS/c1-6-19(7-2)14-26-21-16(3)13-24-20(18(21)5)15-27-22-23-12-10-8-9-11-17(4)25-22/h8-11,13,17,19H,6-7,12,14-15H2,1-5H3,(H,23,25)/b10-8-,11-9-. The van der Waals surface area contributed by atoms with E-state index < -0.39 is 0 Å². The maximum absolute atomic E-state index is 6.20. The number of aromatic nitrogens is 1. The van der Waals surface area contributed by atoms with E-state index in [0.29, 0.717) is 12.5 Å². The summed E-state index contributed by atoms with van der Waals surface area (Å²) in [4.78, 5) is 9.30. The smallest absolute Gasteiger partial charge is 0.157 e. The summed E-state index contributed by atoms with van der Waals surface area (Å²) in [6.07, 6.45) is 12.5. The molecule has 1 aliphatic rings. The Morgan fingerprint density at radius 1 is 1.26 bits per heavy atom. The Bertz CT molecular complexity index is 693. The van der Waals surface area contributed by atoms with Gasteiger partial charge >= 0.3 is 0 Å². The highest BCUT2D eigenvalue weighted by molar-refractivity contribution is 8.13. The van der Waals surface area contributed by atoms with Crippen LogP contribution in [0.4, 0.5) is 0 Å². The number of pyridine rings is 1. The van der Waals surface area contributed by atoms with Crippen LogP contribution in [0.5, 0.6) is 5.75 Å². The van der Waals surface area contributed by atoms with Crippen molar-refractivity contribution in [3.63, 3.8) is 0 Å². The van der Waals surface area contributed by atoms with E-state index in [4.69, 9.17) is 4.74 Å². The summed E-state index contributed by atoms with van der Waals surface area (Å²) < 4.78 is 6.20. The average molecular weight is 388 g/mol. The molecule has 0 spiro atoms. The lowest BCUT2D eigenvalue weighted by Crippen LogP contribution is -2.29. The van der Waals surface area contributed by atoms with E-state index in [1.54, 1.807) is 11.8 Å². The number of aliphatic imine (C=N–C) groups is 1. The van der Waals surface area contributed by atoms with Crippen molar-refractivity contribution in [2.24, 2.45) is 10.9 Å². The van der Waals surface area contributed by atoms with Gasteiger partial charge in [0.25, 0.3) is 0 Å². The molecule has 1 unspecified atom stereocenters. The van der Waals surface area contributed by atoms with Crippen molar-refractivity contribution >= 4 is 16.9 Å². The molecule has 2 rings (SSSR count). The highest BCUT2D eigenvalue weighted by Gasteiger charge is 2.14. The number of amidine groups is 1. The van der Waals surface area contributed by atoms with Gasteiger partial charge < -0.3 is 10.1 Å². The molecule has 148 valence electrons. The molecule has 2 heterocycles. The van der Waals surface area contributed by atoms with Gasteiger partial charge in [-0.25, -0.2) is 0 Å².